The van der Waals surface area contributed by atoms with Crippen LogP contribution in [0, 0.1) is 6.92 Å². The van der Waals surface area contributed by atoms with Gasteiger partial charge in [-0.25, -0.2) is 9.50 Å². The summed E-state index contributed by atoms with van der Waals surface area (Å²) in [7, 11) is 0. The predicted molar refractivity (Wildman–Crippen MR) is 94.6 cm³/mol. The van der Waals surface area contributed by atoms with Gasteiger partial charge in [-0.05, 0) is 43.5 Å². The average Bonchev–Trinajstić information content (AvgIpc) is 3.17. The number of benzene rings is 1. The van der Waals surface area contributed by atoms with Crippen molar-refractivity contribution in [3.8, 4) is 17.3 Å². The summed E-state index contributed by atoms with van der Waals surface area (Å²) in [5, 5.41) is 5.68. The lowest BCUT2D eigenvalue weighted by atomic mass is 9.90. The van der Waals surface area contributed by atoms with Gasteiger partial charge < -0.3 is 14.9 Å². The summed E-state index contributed by atoms with van der Waals surface area (Å²) < 4.78 is 13.7. The Morgan fingerprint density at radius 3 is 2.92 bits per heavy atom. The second kappa shape index (κ2) is 5.32. The lowest BCUT2D eigenvalue weighted by molar-refractivity contribution is 0.0944. The SMILES string of the molecule is Cc1cccc2oc(-c3cnc4ccc(OC5CC(N)C5)nn34)cc12. The van der Waals surface area contributed by atoms with Gasteiger partial charge in [0.1, 0.15) is 17.4 Å². The van der Waals surface area contributed by atoms with Crippen LogP contribution in [0.2, 0.25) is 0 Å². The molecule has 0 amide bonds. The number of rotatable bonds is 3. The maximum atomic E-state index is 6.01. The third kappa shape index (κ3) is 2.37. The van der Waals surface area contributed by atoms with E-state index in [1.165, 1.54) is 5.56 Å². The number of fused-ring (bicyclic) bond motifs is 2. The average molecular weight is 334 g/mol. The first kappa shape index (κ1) is 14.5. The Kier molecular flexibility index (Phi) is 3.08. The summed E-state index contributed by atoms with van der Waals surface area (Å²) in [6, 6.07) is 12.1. The number of furan rings is 1. The van der Waals surface area contributed by atoms with E-state index < -0.39 is 0 Å². The zero-order chi connectivity index (χ0) is 17.0. The van der Waals surface area contributed by atoms with Crippen LogP contribution in [0.1, 0.15) is 18.4 Å². The molecule has 25 heavy (non-hydrogen) atoms. The van der Waals surface area contributed by atoms with Crippen LogP contribution in [0.5, 0.6) is 5.88 Å². The van der Waals surface area contributed by atoms with Crippen LogP contribution in [0.15, 0.2) is 47.0 Å². The molecular weight excluding hydrogens is 316 g/mol. The Labute approximate surface area is 144 Å². The van der Waals surface area contributed by atoms with Crippen LogP contribution < -0.4 is 10.5 Å². The van der Waals surface area contributed by atoms with Crippen LogP contribution in [0.4, 0.5) is 0 Å². The summed E-state index contributed by atoms with van der Waals surface area (Å²) >= 11 is 0. The highest BCUT2D eigenvalue weighted by atomic mass is 16.5. The zero-order valence-corrected chi connectivity index (χ0v) is 13.8. The summed E-state index contributed by atoms with van der Waals surface area (Å²) in [5.41, 5.74) is 9.42. The molecule has 1 aliphatic carbocycles. The molecule has 3 aromatic heterocycles. The largest absolute Gasteiger partial charge is 0.473 e. The van der Waals surface area contributed by atoms with Crippen molar-refractivity contribution in [2.24, 2.45) is 5.73 Å². The number of nitrogens with two attached hydrogens (primary N) is 1. The summed E-state index contributed by atoms with van der Waals surface area (Å²) in [4.78, 5) is 4.42. The smallest absolute Gasteiger partial charge is 0.232 e. The molecule has 3 heterocycles. The van der Waals surface area contributed by atoms with Crippen molar-refractivity contribution in [1.29, 1.82) is 0 Å². The standard InChI is InChI=1S/C19H18N4O2/c1-11-3-2-4-16-14(11)9-17(25-16)15-10-21-18-5-6-19(22-23(15)18)24-13-7-12(20)8-13/h2-6,9-10,12-13H,7-8,20H2,1H3. The second-order valence-corrected chi connectivity index (χ2v) is 6.65. The van der Waals surface area contributed by atoms with Crippen molar-refractivity contribution >= 4 is 16.6 Å². The lowest BCUT2D eigenvalue weighted by Crippen LogP contribution is -2.43. The molecule has 0 bridgehead atoms. The first-order chi connectivity index (χ1) is 12.2. The van der Waals surface area contributed by atoms with Gasteiger partial charge in [0.25, 0.3) is 0 Å². The number of nitrogens with zero attached hydrogens (tertiary/aromatic N) is 3. The topological polar surface area (TPSA) is 78.6 Å². The molecule has 0 radical (unpaired) electrons. The Balaban J connectivity index is 1.56. The monoisotopic (exact) mass is 334 g/mol. The van der Waals surface area contributed by atoms with E-state index in [1.807, 2.05) is 30.3 Å². The second-order valence-electron chi connectivity index (χ2n) is 6.65. The van der Waals surface area contributed by atoms with Crippen molar-refractivity contribution in [3.63, 3.8) is 0 Å². The van der Waals surface area contributed by atoms with Crippen molar-refractivity contribution in [2.45, 2.75) is 31.9 Å². The molecule has 0 unspecified atom stereocenters. The van der Waals surface area contributed by atoms with E-state index in [0.717, 1.165) is 40.9 Å². The van der Waals surface area contributed by atoms with Crippen LogP contribution >= 0.6 is 0 Å². The third-order valence-electron chi connectivity index (χ3n) is 4.79. The quantitative estimate of drug-likeness (QED) is 0.622. The maximum absolute atomic E-state index is 6.01. The van der Waals surface area contributed by atoms with E-state index in [2.05, 4.69) is 23.1 Å². The molecule has 1 aromatic carbocycles. The molecule has 1 fully saturated rings. The van der Waals surface area contributed by atoms with E-state index in [9.17, 15) is 0 Å². The molecular formula is C19H18N4O2. The number of ether oxygens (including phenoxy) is 1. The van der Waals surface area contributed by atoms with E-state index in [1.54, 1.807) is 10.7 Å². The predicted octanol–water partition coefficient (Wildman–Crippen LogP) is 3.32. The summed E-state index contributed by atoms with van der Waals surface area (Å²) in [6.45, 7) is 2.07. The summed E-state index contributed by atoms with van der Waals surface area (Å²) in [6.07, 6.45) is 3.68. The van der Waals surface area contributed by atoms with Gasteiger partial charge >= 0.3 is 0 Å². The minimum Gasteiger partial charge on any atom is -0.473 e. The van der Waals surface area contributed by atoms with Crippen LogP contribution in [0.3, 0.4) is 0 Å². The van der Waals surface area contributed by atoms with Crippen molar-refractivity contribution in [3.05, 3.63) is 48.2 Å². The summed E-state index contributed by atoms with van der Waals surface area (Å²) in [5.74, 6) is 1.32. The van der Waals surface area contributed by atoms with Crippen LogP contribution in [-0.2, 0) is 0 Å². The molecule has 6 nitrogen and oxygen atoms in total. The highest BCUT2D eigenvalue weighted by molar-refractivity contribution is 5.85. The first-order valence-electron chi connectivity index (χ1n) is 8.44. The fourth-order valence-electron chi connectivity index (χ4n) is 3.29. The van der Waals surface area contributed by atoms with Crippen LogP contribution in [0.25, 0.3) is 28.1 Å². The minimum atomic E-state index is 0.153. The van der Waals surface area contributed by atoms with Gasteiger partial charge in [0.2, 0.25) is 5.88 Å². The highest BCUT2D eigenvalue weighted by Crippen LogP contribution is 2.30. The molecule has 1 aliphatic rings. The van der Waals surface area contributed by atoms with E-state index in [-0.39, 0.29) is 12.1 Å². The fourth-order valence-corrected chi connectivity index (χ4v) is 3.29. The van der Waals surface area contributed by atoms with Gasteiger partial charge in [0.15, 0.2) is 11.4 Å². The molecule has 0 atom stereocenters. The first-order valence-corrected chi connectivity index (χ1v) is 8.44. The van der Waals surface area contributed by atoms with Gasteiger partial charge in [-0.3, -0.25) is 0 Å². The number of imidazole rings is 1. The number of aryl methyl sites for hydroxylation is 1. The van der Waals surface area contributed by atoms with E-state index >= 15 is 0 Å². The Bertz CT molecular complexity index is 1080. The van der Waals surface area contributed by atoms with E-state index in [4.69, 9.17) is 14.9 Å². The van der Waals surface area contributed by atoms with Gasteiger partial charge in [-0.15, -0.1) is 5.10 Å². The van der Waals surface area contributed by atoms with E-state index in [0.29, 0.717) is 5.88 Å². The normalized spacial score (nSPS) is 20.1. The molecule has 2 N–H and O–H groups in total. The van der Waals surface area contributed by atoms with Gasteiger partial charge in [-0.1, -0.05) is 12.1 Å². The van der Waals surface area contributed by atoms with Gasteiger partial charge in [-0.2, -0.15) is 0 Å². The Morgan fingerprint density at radius 2 is 2.12 bits per heavy atom. The third-order valence-corrected chi connectivity index (χ3v) is 4.79. The molecule has 0 saturated heterocycles. The van der Waals surface area contributed by atoms with Crippen molar-refractivity contribution in [2.75, 3.05) is 0 Å². The number of hydrogen-bond acceptors (Lipinski definition) is 5. The van der Waals surface area contributed by atoms with Gasteiger partial charge in [0, 0.05) is 17.5 Å². The maximum Gasteiger partial charge on any atom is 0.232 e. The molecule has 0 spiro atoms. The molecule has 5 rings (SSSR count). The van der Waals surface area contributed by atoms with Crippen molar-refractivity contribution < 1.29 is 9.15 Å². The number of hydrogen-bond donors (Lipinski definition) is 1. The highest BCUT2D eigenvalue weighted by Gasteiger charge is 2.28. The molecule has 6 heteroatoms. The molecule has 0 aliphatic heterocycles. The van der Waals surface area contributed by atoms with Gasteiger partial charge in [0.05, 0.1) is 6.20 Å². The Morgan fingerprint density at radius 1 is 1.24 bits per heavy atom. The molecule has 4 aromatic rings. The minimum absolute atomic E-state index is 0.153. The van der Waals surface area contributed by atoms with Crippen molar-refractivity contribution in [1.82, 2.24) is 14.6 Å². The zero-order valence-electron chi connectivity index (χ0n) is 13.8. The molecule has 1 saturated carbocycles. The van der Waals surface area contributed by atoms with Crippen LogP contribution in [-0.4, -0.2) is 26.7 Å². The lowest BCUT2D eigenvalue weighted by Gasteiger charge is -2.31. The molecule has 126 valence electrons. The number of aromatic nitrogens is 3. The fraction of sp³-hybridized carbons (Fsp3) is 0.263. The Hall–Kier alpha value is -2.86.